The van der Waals surface area contributed by atoms with Crippen LogP contribution < -0.4 is 5.32 Å². The topological polar surface area (TPSA) is 46.9 Å². The largest absolute Gasteiger partial charge is 0.345 e. The quantitative estimate of drug-likeness (QED) is 0.305. The fourth-order valence-electron chi connectivity index (χ4n) is 7.89. The standard InChI is InChI=1S/C32H36Cl3N3O/c1-19-22-13-14-31(2,18-22)32(19,3)36-30(39)28-25-10-5-4-8-21(15-20-7-6-9-23(33)16-20)29(25)38(37-28)27-12-11-24(34)17-26(27)35/h6-7,9,11-12,16-17,19,21-22H,4-5,8,10,13-15,18H2,1-3H3,(H,36,39)/t19?,21?,22?,31?,32-/m0/s1. The summed E-state index contributed by atoms with van der Waals surface area (Å²) in [6.07, 6.45) is 8.35. The number of carbonyl (C=O) groups excluding carboxylic acids is 1. The third-order valence-corrected chi connectivity index (χ3v) is 11.2. The van der Waals surface area contributed by atoms with E-state index in [2.05, 4.69) is 32.2 Å². The van der Waals surface area contributed by atoms with Gasteiger partial charge in [0.1, 0.15) is 0 Å². The van der Waals surface area contributed by atoms with Crippen molar-refractivity contribution in [1.82, 2.24) is 15.1 Å². The first-order chi connectivity index (χ1) is 18.6. The Bertz CT molecular complexity index is 1430. The summed E-state index contributed by atoms with van der Waals surface area (Å²) in [5, 5.41) is 10.4. The Morgan fingerprint density at radius 3 is 2.59 bits per heavy atom. The van der Waals surface area contributed by atoms with E-state index in [4.69, 9.17) is 39.9 Å². The molecule has 0 spiro atoms. The average molecular weight is 585 g/mol. The van der Waals surface area contributed by atoms with Gasteiger partial charge in [-0.05, 0) is 105 Å². The van der Waals surface area contributed by atoms with Gasteiger partial charge < -0.3 is 5.32 Å². The van der Waals surface area contributed by atoms with Gasteiger partial charge in [0, 0.05) is 27.1 Å². The van der Waals surface area contributed by atoms with E-state index in [0.717, 1.165) is 60.5 Å². The molecule has 7 heteroatoms. The lowest BCUT2D eigenvalue weighted by atomic mass is 9.66. The summed E-state index contributed by atoms with van der Waals surface area (Å²) in [6.45, 7) is 6.91. The molecular weight excluding hydrogens is 549 g/mol. The minimum atomic E-state index is -0.257. The summed E-state index contributed by atoms with van der Waals surface area (Å²) in [4.78, 5) is 14.2. The third kappa shape index (κ3) is 4.61. The summed E-state index contributed by atoms with van der Waals surface area (Å²) < 4.78 is 1.93. The van der Waals surface area contributed by atoms with Crippen molar-refractivity contribution in [1.29, 1.82) is 0 Å². The van der Waals surface area contributed by atoms with E-state index in [1.165, 1.54) is 18.4 Å². The molecule has 3 aliphatic carbocycles. The van der Waals surface area contributed by atoms with Crippen molar-refractivity contribution in [3.63, 3.8) is 0 Å². The van der Waals surface area contributed by atoms with Gasteiger partial charge in [-0.1, -0.05) is 67.2 Å². The van der Waals surface area contributed by atoms with Gasteiger partial charge in [-0.15, -0.1) is 0 Å². The molecule has 5 atom stereocenters. The predicted octanol–water partition coefficient (Wildman–Crippen LogP) is 8.83. The van der Waals surface area contributed by atoms with Crippen LogP contribution in [0.15, 0.2) is 42.5 Å². The predicted molar refractivity (Wildman–Crippen MR) is 160 cm³/mol. The Kier molecular flexibility index (Phi) is 7.05. The van der Waals surface area contributed by atoms with Crippen LogP contribution in [0.3, 0.4) is 0 Å². The first-order valence-corrected chi connectivity index (χ1v) is 15.4. The lowest BCUT2D eigenvalue weighted by Crippen LogP contribution is -2.58. The normalized spacial score (nSPS) is 29.7. The fraction of sp³-hybridized carbons (Fsp3) is 0.500. The number of nitrogens with zero attached hydrogens (tertiary/aromatic N) is 2. The second kappa shape index (κ2) is 10.1. The molecule has 0 radical (unpaired) electrons. The van der Waals surface area contributed by atoms with Crippen LogP contribution in [0.1, 0.15) is 92.5 Å². The van der Waals surface area contributed by atoms with E-state index in [1.807, 2.05) is 35.0 Å². The number of amides is 1. The Labute approximate surface area is 246 Å². The third-order valence-electron chi connectivity index (χ3n) is 10.4. The van der Waals surface area contributed by atoms with Crippen LogP contribution in [-0.4, -0.2) is 21.2 Å². The molecule has 1 aromatic heterocycles. The number of benzene rings is 2. The van der Waals surface area contributed by atoms with Gasteiger partial charge in [-0.3, -0.25) is 4.79 Å². The molecule has 1 N–H and O–H groups in total. The van der Waals surface area contributed by atoms with Crippen molar-refractivity contribution >= 4 is 40.7 Å². The van der Waals surface area contributed by atoms with Crippen molar-refractivity contribution in [3.05, 3.63) is 80.0 Å². The van der Waals surface area contributed by atoms with Gasteiger partial charge in [0.15, 0.2) is 5.69 Å². The SMILES string of the molecule is CC1C2CCC(C)(C2)[C@@]1(C)NC(=O)c1nn(-c2ccc(Cl)cc2Cl)c2c1CCCCC2Cc1cccc(Cl)c1. The first kappa shape index (κ1) is 27.2. The minimum Gasteiger partial charge on any atom is -0.345 e. The number of carbonyl (C=O) groups is 1. The van der Waals surface area contributed by atoms with E-state index < -0.39 is 0 Å². The Morgan fingerprint density at radius 1 is 1.08 bits per heavy atom. The highest BCUT2D eigenvalue weighted by Gasteiger charge is 2.61. The maximum Gasteiger partial charge on any atom is 0.272 e. The molecule has 1 amide bonds. The maximum absolute atomic E-state index is 14.2. The number of hydrogen-bond donors (Lipinski definition) is 1. The van der Waals surface area contributed by atoms with Crippen molar-refractivity contribution in [2.24, 2.45) is 17.3 Å². The second-order valence-electron chi connectivity index (χ2n) is 12.5. The molecule has 6 rings (SSSR count). The number of halogens is 3. The molecule has 2 bridgehead atoms. The molecule has 2 saturated carbocycles. The van der Waals surface area contributed by atoms with Crippen LogP contribution in [0.4, 0.5) is 0 Å². The monoisotopic (exact) mass is 583 g/mol. The molecule has 4 nitrogen and oxygen atoms in total. The zero-order valence-corrected chi connectivity index (χ0v) is 25.1. The van der Waals surface area contributed by atoms with Gasteiger partial charge in [-0.25, -0.2) is 4.68 Å². The summed E-state index contributed by atoms with van der Waals surface area (Å²) in [6, 6.07) is 13.5. The minimum absolute atomic E-state index is 0.0679. The van der Waals surface area contributed by atoms with E-state index in [-0.39, 0.29) is 22.8 Å². The molecule has 4 unspecified atom stereocenters. The molecule has 3 aliphatic rings. The van der Waals surface area contributed by atoms with Crippen LogP contribution in [0.5, 0.6) is 0 Å². The molecule has 0 aliphatic heterocycles. The van der Waals surface area contributed by atoms with Crippen LogP contribution in [0.25, 0.3) is 5.69 Å². The highest BCUT2D eigenvalue weighted by molar-refractivity contribution is 6.35. The van der Waals surface area contributed by atoms with E-state index >= 15 is 0 Å². The number of aromatic nitrogens is 2. The zero-order chi connectivity index (χ0) is 27.5. The number of nitrogens with one attached hydrogen (secondary N) is 1. The van der Waals surface area contributed by atoms with Crippen LogP contribution in [0, 0.1) is 17.3 Å². The Morgan fingerprint density at radius 2 is 1.87 bits per heavy atom. The summed E-state index contributed by atoms with van der Waals surface area (Å²) >= 11 is 19.3. The smallest absolute Gasteiger partial charge is 0.272 e. The van der Waals surface area contributed by atoms with Gasteiger partial charge in [-0.2, -0.15) is 5.10 Å². The van der Waals surface area contributed by atoms with Crippen LogP contribution in [-0.2, 0) is 12.8 Å². The molecule has 2 fully saturated rings. The highest BCUT2D eigenvalue weighted by atomic mass is 35.5. The van der Waals surface area contributed by atoms with Gasteiger partial charge >= 0.3 is 0 Å². The number of fused-ring (bicyclic) bond motifs is 3. The van der Waals surface area contributed by atoms with Crippen molar-refractivity contribution in [2.75, 3.05) is 0 Å². The second-order valence-corrected chi connectivity index (χ2v) is 13.8. The lowest BCUT2D eigenvalue weighted by Gasteiger charge is -2.46. The average Bonchev–Trinajstić information content (AvgIpc) is 3.46. The first-order valence-electron chi connectivity index (χ1n) is 14.2. The summed E-state index contributed by atoms with van der Waals surface area (Å²) in [5.41, 5.74) is 4.45. The molecule has 39 heavy (non-hydrogen) atoms. The number of rotatable bonds is 5. The van der Waals surface area contributed by atoms with Crippen molar-refractivity contribution in [2.45, 2.75) is 83.6 Å². The molecule has 2 aromatic carbocycles. The Hall–Kier alpha value is -2.01. The molecule has 0 saturated heterocycles. The van der Waals surface area contributed by atoms with Gasteiger partial charge in [0.2, 0.25) is 0 Å². The number of hydrogen-bond acceptors (Lipinski definition) is 2. The lowest BCUT2D eigenvalue weighted by molar-refractivity contribution is 0.0625. The molecule has 1 heterocycles. The molecule has 206 valence electrons. The highest BCUT2D eigenvalue weighted by Crippen LogP contribution is 2.62. The van der Waals surface area contributed by atoms with Crippen LogP contribution >= 0.6 is 34.8 Å². The Balaban J connectivity index is 1.45. The fourth-order valence-corrected chi connectivity index (χ4v) is 8.59. The molecular formula is C32H36Cl3N3O. The summed E-state index contributed by atoms with van der Waals surface area (Å²) in [5.74, 6) is 1.21. The van der Waals surface area contributed by atoms with E-state index in [1.54, 1.807) is 6.07 Å². The molecule has 3 aromatic rings. The van der Waals surface area contributed by atoms with E-state index in [9.17, 15) is 4.79 Å². The van der Waals surface area contributed by atoms with E-state index in [0.29, 0.717) is 27.6 Å². The zero-order valence-electron chi connectivity index (χ0n) is 22.9. The van der Waals surface area contributed by atoms with Crippen molar-refractivity contribution in [3.8, 4) is 5.69 Å². The maximum atomic E-state index is 14.2. The van der Waals surface area contributed by atoms with Gasteiger partial charge in [0.25, 0.3) is 5.91 Å². The van der Waals surface area contributed by atoms with Gasteiger partial charge in [0.05, 0.1) is 16.4 Å². The summed E-state index contributed by atoms with van der Waals surface area (Å²) in [7, 11) is 0. The van der Waals surface area contributed by atoms with Crippen molar-refractivity contribution < 1.29 is 4.79 Å². The van der Waals surface area contributed by atoms with Crippen LogP contribution in [0.2, 0.25) is 15.1 Å².